The van der Waals surface area contributed by atoms with Crippen LogP contribution >= 0.6 is 0 Å². The molecule has 1 fully saturated rings. The van der Waals surface area contributed by atoms with Crippen LogP contribution in [0.3, 0.4) is 0 Å². The van der Waals surface area contributed by atoms with Gasteiger partial charge in [-0.05, 0) is 41.5 Å². The van der Waals surface area contributed by atoms with Crippen molar-refractivity contribution in [3.63, 3.8) is 0 Å². The van der Waals surface area contributed by atoms with Crippen LogP contribution in [0.25, 0.3) is 0 Å². The molecule has 0 unspecified atom stereocenters. The van der Waals surface area contributed by atoms with Crippen LogP contribution in [0.15, 0.2) is 54.6 Å². The third kappa shape index (κ3) is 4.25. The van der Waals surface area contributed by atoms with Gasteiger partial charge in [0.05, 0.1) is 7.11 Å². The van der Waals surface area contributed by atoms with E-state index in [0.717, 1.165) is 17.7 Å². The molecule has 23 heavy (non-hydrogen) atoms. The number of nitrogens with one attached hydrogen (secondary N) is 1. The highest BCUT2D eigenvalue weighted by atomic mass is 16.5. The summed E-state index contributed by atoms with van der Waals surface area (Å²) in [5.41, 5.74) is 2.29. The number of hydrogen-bond donors (Lipinski definition) is 1. The molecule has 0 heterocycles. The fourth-order valence-electron chi connectivity index (χ4n) is 2.72. The minimum Gasteiger partial charge on any atom is -0.497 e. The van der Waals surface area contributed by atoms with Crippen molar-refractivity contribution in [1.29, 1.82) is 0 Å². The lowest BCUT2D eigenvalue weighted by molar-refractivity contribution is 0.139. The molecule has 2 aromatic rings. The third-order valence-corrected chi connectivity index (χ3v) is 4.19. The molecule has 0 radical (unpaired) electrons. The van der Waals surface area contributed by atoms with Crippen molar-refractivity contribution in [2.75, 3.05) is 13.7 Å². The Hall–Kier alpha value is -2.49. The zero-order chi connectivity index (χ0) is 16.1. The minimum absolute atomic E-state index is 0.305. The van der Waals surface area contributed by atoms with Crippen LogP contribution in [0.4, 0.5) is 4.79 Å². The molecule has 1 N–H and O–H groups in total. The maximum Gasteiger partial charge on any atom is 0.407 e. The van der Waals surface area contributed by atoms with E-state index in [1.54, 1.807) is 7.11 Å². The van der Waals surface area contributed by atoms with Gasteiger partial charge in [-0.3, -0.25) is 0 Å². The largest absolute Gasteiger partial charge is 0.497 e. The number of carbonyl (C=O) groups excluding carboxylic acids is 1. The van der Waals surface area contributed by atoms with Gasteiger partial charge < -0.3 is 14.8 Å². The van der Waals surface area contributed by atoms with Crippen LogP contribution in [0.1, 0.15) is 23.5 Å². The first kappa shape index (κ1) is 15.4. The number of ether oxygens (including phenoxy) is 2. The number of benzene rings is 2. The van der Waals surface area contributed by atoms with Gasteiger partial charge in [-0.1, -0.05) is 42.5 Å². The molecule has 0 spiro atoms. The van der Waals surface area contributed by atoms with Crippen molar-refractivity contribution < 1.29 is 14.3 Å². The first-order chi connectivity index (χ1) is 11.3. The molecule has 0 aliphatic heterocycles. The predicted octanol–water partition coefficient (Wildman–Crippen LogP) is 3.73. The van der Waals surface area contributed by atoms with Gasteiger partial charge in [-0.25, -0.2) is 4.79 Å². The zero-order valence-electron chi connectivity index (χ0n) is 13.2. The molecule has 1 aliphatic carbocycles. The van der Waals surface area contributed by atoms with E-state index in [1.165, 1.54) is 5.56 Å². The van der Waals surface area contributed by atoms with Crippen LogP contribution in [0.2, 0.25) is 0 Å². The Kier molecular flexibility index (Phi) is 4.81. The molecule has 120 valence electrons. The summed E-state index contributed by atoms with van der Waals surface area (Å²) in [6.07, 6.45) is 0.750. The molecule has 0 bridgehead atoms. The molecule has 1 aliphatic rings. The molecule has 4 heteroatoms. The van der Waals surface area contributed by atoms with E-state index >= 15 is 0 Å². The van der Waals surface area contributed by atoms with E-state index in [0.29, 0.717) is 25.0 Å². The van der Waals surface area contributed by atoms with E-state index in [9.17, 15) is 4.79 Å². The van der Waals surface area contributed by atoms with E-state index in [1.807, 2.05) is 42.5 Å². The lowest BCUT2D eigenvalue weighted by Gasteiger charge is -2.07. The normalized spacial score (nSPS) is 19.0. The minimum atomic E-state index is -0.353. The smallest absolute Gasteiger partial charge is 0.407 e. The Morgan fingerprint density at radius 2 is 1.87 bits per heavy atom. The molecule has 0 saturated heterocycles. The van der Waals surface area contributed by atoms with Crippen molar-refractivity contribution in [3.8, 4) is 5.75 Å². The number of hydrogen-bond acceptors (Lipinski definition) is 3. The molecule has 2 aromatic carbocycles. The van der Waals surface area contributed by atoms with Crippen molar-refractivity contribution >= 4 is 6.09 Å². The Labute approximate surface area is 136 Å². The molecule has 1 amide bonds. The third-order valence-electron chi connectivity index (χ3n) is 4.19. The Balaban J connectivity index is 1.38. The predicted molar refractivity (Wildman–Crippen MR) is 88.5 cm³/mol. The Morgan fingerprint density at radius 3 is 2.57 bits per heavy atom. The van der Waals surface area contributed by atoms with Crippen LogP contribution in [0, 0.1) is 5.92 Å². The fraction of sp³-hybridized carbons (Fsp3) is 0.316. The Bertz CT molecular complexity index is 639. The molecule has 1 saturated carbocycles. The summed E-state index contributed by atoms with van der Waals surface area (Å²) in [6.45, 7) is 0.962. The first-order valence-corrected chi connectivity index (χ1v) is 7.85. The quantitative estimate of drug-likeness (QED) is 0.884. The van der Waals surface area contributed by atoms with Gasteiger partial charge in [0.25, 0.3) is 0 Å². The zero-order valence-corrected chi connectivity index (χ0v) is 13.2. The Morgan fingerprint density at radius 1 is 1.13 bits per heavy atom. The summed E-state index contributed by atoms with van der Waals surface area (Å²) in [5.74, 6) is 1.89. The second-order valence-corrected chi connectivity index (χ2v) is 5.82. The van der Waals surface area contributed by atoms with Crippen molar-refractivity contribution in [2.45, 2.75) is 18.9 Å². The average Bonchev–Trinajstić information content (AvgIpc) is 3.39. The van der Waals surface area contributed by atoms with E-state index in [-0.39, 0.29) is 6.09 Å². The number of amides is 1. The molecular formula is C19H21NO3. The number of rotatable bonds is 6. The van der Waals surface area contributed by atoms with Crippen LogP contribution in [-0.4, -0.2) is 19.7 Å². The molecule has 2 atom stereocenters. The average molecular weight is 311 g/mol. The van der Waals surface area contributed by atoms with Crippen LogP contribution < -0.4 is 10.1 Å². The summed E-state index contributed by atoms with van der Waals surface area (Å²) < 4.78 is 10.4. The van der Waals surface area contributed by atoms with Gasteiger partial charge in [0.1, 0.15) is 12.4 Å². The second kappa shape index (κ2) is 7.18. The van der Waals surface area contributed by atoms with Gasteiger partial charge >= 0.3 is 6.09 Å². The summed E-state index contributed by atoms with van der Waals surface area (Å²) in [5, 5.41) is 2.85. The van der Waals surface area contributed by atoms with Gasteiger partial charge in [-0.15, -0.1) is 0 Å². The van der Waals surface area contributed by atoms with Crippen molar-refractivity contribution in [2.24, 2.45) is 5.92 Å². The van der Waals surface area contributed by atoms with Gasteiger partial charge in [0, 0.05) is 6.54 Å². The number of methoxy groups -OCH3 is 1. The van der Waals surface area contributed by atoms with Crippen LogP contribution in [-0.2, 0) is 11.3 Å². The SMILES string of the molecule is COc1ccc([C@@H]2C[C@H]2CNC(=O)OCc2ccccc2)cc1. The standard InChI is InChI=1S/C19H21NO3/c1-22-17-9-7-15(8-10-17)18-11-16(18)12-20-19(21)23-13-14-5-3-2-4-6-14/h2-10,16,18H,11-13H2,1H3,(H,20,21)/t16-,18-/m0/s1. The lowest BCUT2D eigenvalue weighted by atomic mass is 10.1. The lowest BCUT2D eigenvalue weighted by Crippen LogP contribution is -2.26. The fourth-order valence-corrected chi connectivity index (χ4v) is 2.72. The van der Waals surface area contributed by atoms with E-state index in [2.05, 4.69) is 17.4 Å². The van der Waals surface area contributed by atoms with Crippen LogP contribution in [0.5, 0.6) is 5.75 Å². The van der Waals surface area contributed by atoms with Crippen molar-refractivity contribution in [3.05, 3.63) is 65.7 Å². The molecule has 3 rings (SSSR count). The summed E-state index contributed by atoms with van der Waals surface area (Å²) in [7, 11) is 1.67. The monoisotopic (exact) mass is 311 g/mol. The number of carbonyl (C=O) groups is 1. The molecule has 0 aromatic heterocycles. The highest BCUT2D eigenvalue weighted by Gasteiger charge is 2.38. The maximum atomic E-state index is 11.7. The summed E-state index contributed by atoms with van der Waals surface area (Å²) >= 11 is 0. The highest BCUT2D eigenvalue weighted by molar-refractivity contribution is 5.67. The van der Waals surface area contributed by atoms with Gasteiger partial charge in [0.15, 0.2) is 0 Å². The number of alkyl carbamates (subject to hydrolysis) is 1. The maximum absolute atomic E-state index is 11.7. The molecule has 4 nitrogen and oxygen atoms in total. The summed E-state index contributed by atoms with van der Waals surface area (Å²) in [4.78, 5) is 11.7. The van der Waals surface area contributed by atoms with E-state index < -0.39 is 0 Å². The van der Waals surface area contributed by atoms with Gasteiger partial charge in [-0.2, -0.15) is 0 Å². The molecular weight excluding hydrogens is 290 g/mol. The van der Waals surface area contributed by atoms with Gasteiger partial charge in [0.2, 0.25) is 0 Å². The van der Waals surface area contributed by atoms with E-state index in [4.69, 9.17) is 9.47 Å². The summed E-state index contributed by atoms with van der Waals surface area (Å²) in [6, 6.07) is 17.8. The highest BCUT2D eigenvalue weighted by Crippen LogP contribution is 2.47. The van der Waals surface area contributed by atoms with Crippen molar-refractivity contribution in [1.82, 2.24) is 5.32 Å². The first-order valence-electron chi connectivity index (χ1n) is 7.85. The second-order valence-electron chi connectivity index (χ2n) is 5.82. The topological polar surface area (TPSA) is 47.6 Å².